The lowest BCUT2D eigenvalue weighted by molar-refractivity contribution is -0.418. The van der Waals surface area contributed by atoms with Gasteiger partial charge in [-0.1, -0.05) is 97.1 Å². The van der Waals surface area contributed by atoms with Crippen molar-refractivity contribution >= 4 is 44.3 Å². The first-order valence-electron chi connectivity index (χ1n) is 18.9. The highest BCUT2D eigenvalue weighted by atomic mass is 16.5. The second-order valence-electron chi connectivity index (χ2n) is 14.2. The summed E-state index contributed by atoms with van der Waals surface area (Å²) in [4.78, 5) is 0. The van der Waals surface area contributed by atoms with Crippen molar-refractivity contribution < 1.29 is 18.3 Å². The second-order valence-corrected chi connectivity index (χ2v) is 14.2. The molecular formula is C52H42O4+2. The molecular weight excluding hydrogens is 689 g/mol. The lowest BCUT2D eigenvalue weighted by Gasteiger charge is -2.41. The average molecular weight is 731 g/mol. The van der Waals surface area contributed by atoms with Crippen molar-refractivity contribution in [3.05, 3.63) is 203 Å². The van der Waals surface area contributed by atoms with Crippen LogP contribution < -0.4 is 9.47 Å². The van der Waals surface area contributed by atoms with Gasteiger partial charge < -0.3 is 9.47 Å². The molecule has 0 spiro atoms. The summed E-state index contributed by atoms with van der Waals surface area (Å²) < 4.78 is 22.7. The fourth-order valence-corrected chi connectivity index (χ4v) is 8.79. The molecule has 0 radical (unpaired) electrons. The van der Waals surface area contributed by atoms with Gasteiger partial charge in [0.25, 0.3) is 14.2 Å². The minimum absolute atomic E-state index is 0.135. The van der Waals surface area contributed by atoms with Crippen molar-refractivity contribution in [1.82, 2.24) is 0 Å². The first kappa shape index (κ1) is 35.0. The van der Waals surface area contributed by atoms with Gasteiger partial charge in [0, 0.05) is 36.1 Å². The molecule has 3 aliphatic carbocycles. The minimum Gasteiger partial charge on any atom is -0.497 e. The van der Waals surface area contributed by atoms with Crippen LogP contribution in [0.3, 0.4) is 0 Å². The predicted molar refractivity (Wildman–Crippen MR) is 231 cm³/mol. The molecule has 2 unspecified atom stereocenters. The SMILES string of the molecule is COc1ccc(C(=C2C=CC(=[O+]C)C=C2)C2c3ccc4ccccc4c3-c3c(ccc4ccccc34)C2C(=C2C=CC(=[O+]C)C=C2)c2ccc(OC)cc2)cc1. The quantitative estimate of drug-likeness (QED) is 0.160. The van der Waals surface area contributed by atoms with Gasteiger partial charge in [-0.15, -0.1) is 0 Å². The van der Waals surface area contributed by atoms with E-state index in [1.54, 1.807) is 28.4 Å². The first-order valence-corrected chi connectivity index (χ1v) is 18.9. The molecule has 4 nitrogen and oxygen atoms in total. The molecule has 6 aromatic rings. The smallest absolute Gasteiger partial charge is 0.343 e. The van der Waals surface area contributed by atoms with Crippen molar-refractivity contribution in [3.8, 4) is 22.6 Å². The van der Waals surface area contributed by atoms with Gasteiger partial charge in [-0.3, -0.25) is 8.85 Å². The summed E-state index contributed by atoms with van der Waals surface area (Å²) in [6.45, 7) is 0. The van der Waals surface area contributed by atoms with Crippen LogP contribution in [0, 0.1) is 0 Å². The van der Waals surface area contributed by atoms with Crippen molar-refractivity contribution in [2.45, 2.75) is 11.8 Å². The molecule has 0 heterocycles. The molecule has 0 aliphatic heterocycles. The molecule has 56 heavy (non-hydrogen) atoms. The molecule has 0 saturated heterocycles. The van der Waals surface area contributed by atoms with E-state index in [1.165, 1.54) is 54.9 Å². The molecule has 0 N–H and O–H groups in total. The number of rotatable bonds is 6. The summed E-state index contributed by atoms with van der Waals surface area (Å²) in [5.74, 6) is 2.99. The highest BCUT2D eigenvalue weighted by Crippen LogP contribution is 2.60. The zero-order valence-corrected chi connectivity index (χ0v) is 32.0. The predicted octanol–water partition coefficient (Wildman–Crippen LogP) is 11.5. The van der Waals surface area contributed by atoms with Crippen molar-refractivity contribution in [3.63, 3.8) is 0 Å². The molecule has 3 aliphatic rings. The van der Waals surface area contributed by atoms with E-state index in [0.717, 1.165) is 45.3 Å². The Morgan fingerprint density at radius 1 is 0.429 bits per heavy atom. The van der Waals surface area contributed by atoms with E-state index in [-0.39, 0.29) is 11.8 Å². The van der Waals surface area contributed by atoms with Crippen LogP contribution in [-0.2, 0) is 8.85 Å². The van der Waals surface area contributed by atoms with Crippen LogP contribution in [0.4, 0.5) is 0 Å². The van der Waals surface area contributed by atoms with Gasteiger partial charge in [0.1, 0.15) is 11.5 Å². The van der Waals surface area contributed by atoms with E-state index in [2.05, 4.69) is 170 Å². The average Bonchev–Trinajstić information content (AvgIpc) is 3.27. The molecule has 9 rings (SSSR count). The summed E-state index contributed by atoms with van der Waals surface area (Å²) in [5.41, 5.74) is 12.0. The zero-order valence-electron chi connectivity index (χ0n) is 32.0. The normalized spacial score (nSPS) is 16.9. The third-order valence-electron chi connectivity index (χ3n) is 11.4. The highest BCUT2D eigenvalue weighted by Gasteiger charge is 2.42. The number of ether oxygens (including phenoxy) is 2. The van der Waals surface area contributed by atoms with E-state index in [0.29, 0.717) is 0 Å². The largest absolute Gasteiger partial charge is 0.497 e. The topological polar surface area (TPSA) is 41.1 Å². The lowest BCUT2D eigenvalue weighted by Crippen LogP contribution is -2.23. The van der Waals surface area contributed by atoms with Crippen LogP contribution in [0.15, 0.2) is 181 Å². The number of methoxy groups -OCH3 is 2. The summed E-state index contributed by atoms with van der Waals surface area (Å²) in [6, 6.07) is 44.1. The zero-order chi connectivity index (χ0) is 38.2. The summed E-state index contributed by atoms with van der Waals surface area (Å²) in [6.07, 6.45) is 17.1. The van der Waals surface area contributed by atoms with Gasteiger partial charge in [0.15, 0.2) is 0 Å². The maximum absolute atomic E-state index is 5.68. The summed E-state index contributed by atoms with van der Waals surface area (Å²) in [5, 5.41) is 4.91. The first-order chi connectivity index (χ1) is 27.6. The number of ketones is 2. The number of hydrogen-bond acceptors (Lipinski definition) is 2. The standard InChI is InChI=1S/C52H42O4/c1-53-39-23-13-35(14-24-39)47(36-15-25-40(54-2)26-16-36)51-45-31-21-33-9-5-7-11-43(33)49(45)50-44-12-8-6-10-34(44)22-32-46(50)52(51)48(37-17-27-41(55-3)28-18-37)38-19-29-42(56-4)30-20-38/h5-32,51-52H,1-4H3/q+2. The Hall–Kier alpha value is -6.78. The minimum atomic E-state index is -0.135. The van der Waals surface area contributed by atoms with Crippen LogP contribution in [0.2, 0.25) is 0 Å². The van der Waals surface area contributed by atoms with Crippen molar-refractivity contribution in [1.29, 1.82) is 0 Å². The summed E-state index contributed by atoms with van der Waals surface area (Å²) in [7, 11) is 6.86. The molecule has 0 amide bonds. The maximum Gasteiger partial charge on any atom is 0.343 e. The van der Waals surface area contributed by atoms with Gasteiger partial charge in [0.05, 0.1) is 14.2 Å². The summed E-state index contributed by atoms with van der Waals surface area (Å²) >= 11 is 0. The second kappa shape index (κ2) is 14.8. The van der Waals surface area contributed by atoms with E-state index in [1.807, 2.05) is 0 Å². The van der Waals surface area contributed by atoms with Gasteiger partial charge in [-0.25, -0.2) is 0 Å². The number of fused-ring (bicyclic) bond motifs is 7. The fourth-order valence-electron chi connectivity index (χ4n) is 8.79. The Bertz CT molecular complexity index is 2540. The van der Waals surface area contributed by atoms with Gasteiger partial charge in [0.2, 0.25) is 0 Å². The molecule has 4 heteroatoms. The van der Waals surface area contributed by atoms with Gasteiger partial charge >= 0.3 is 11.6 Å². The van der Waals surface area contributed by atoms with E-state index >= 15 is 0 Å². The van der Waals surface area contributed by atoms with Crippen LogP contribution in [0.1, 0.15) is 34.1 Å². The van der Waals surface area contributed by atoms with Crippen molar-refractivity contribution in [2.24, 2.45) is 0 Å². The van der Waals surface area contributed by atoms with E-state index in [4.69, 9.17) is 18.3 Å². The number of benzene rings is 6. The maximum atomic E-state index is 5.68. The van der Waals surface area contributed by atoms with Crippen LogP contribution in [-0.4, -0.2) is 40.0 Å². The van der Waals surface area contributed by atoms with Crippen molar-refractivity contribution in [2.75, 3.05) is 28.4 Å². The highest BCUT2D eigenvalue weighted by molar-refractivity contribution is 6.12. The Morgan fingerprint density at radius 2 is 0.804 bits per heavy atom. The van der Waals surface area contributed by atoms with Crippen LogP contribution >= 0.6 is 0 Å². The van der Waals surface area contributed by atoms with Gasteiger partial charge in [-0.05, 0) is 126 Å². The van der Waals surface area contributed by atoms with E-state index in [9.17, 15) is 0 Å². The molecule has 2 atom stereocenters. The third-order valence-corrected chi connectivity index (χ3v) is 11.4. The molecule has 6 aromatic carbocycles. The Labute approximate surface area is 327 Å². The Morgan fingerprint density at radius 3 is 1.16 bits per heavy atom. The van der Waals surface area contributed by atoms with Crippen LogP contribution in [0.5, 0.6) is 11.5 Å². The Balaban J connectivity index is 1.46. The Kier molecular flexibility index (Phi) is 9.24. The monoisotopic (exact) mass is 730 g/mol. The lowest BCUT2D eigenvalue weighted by atomic mass is 9.61. The molecule has 0 aromatic heterocycles. The number of allylic oxidation sites excluding steroid dienone is 12. The molecule has 0 saturated carbocycles. The molecule has 0 fully saturated rings. The third kappa shape index (κ3) is 6.04. The molecule has 0 bridgehead atoms. The fraction of sp³-hybridized carbons (Fsp3) is 0.115. The van der Waals surface area contributed by atoms with Gasteiger partial charge in [-0.2, -0.15) is 0 Å². The van der Waals surface area contributed by atoms with Crippen LogP contribution in [0.25, 0.3) is 43.8 Å². The number of carbonyl (C=O) groups excluding carboxylic acids is 2. The van der Waals surface area contributed by atoms with E-state index < -0.39 is 0 Å². The molecule has 272 valence electrons. The number of hydrogen-bond donors (Lipinski definition) is 0.